The molecule has 0 fully saturated rings. The van der Waals surface area contributed by atoms with Gasteiger partial charge in [-0.05, 0) is 37.0 Å². The standard InChI is InChI=1S/C14H21BrO2/c1-5-17-13-7-6-10(15)8-11(13)12(16)9-14(2,3)4/h6-8,12,16H,5,9H2,1-4H3. The lowest BCUT2D eigenvalue weighted by Crippen LogP contribution is -2.12. The second kappa shape index (κ2) is 5.87. The van der Waals surface area contributed by atoms with Crippen molar-refractivity contribution < 1.29 is 9.84 Å². The quantitative estimate of drug-likeness (QED) is 0.897. The van der Waals surface area contributed by atoms with E-state index in [-0.39, 0.29) is 5.41 Å². The van der Waals surface area contributed by atoms with Crippen LogP contribution in [-0.4, -0.2) is 11.7 Å². The van der Waals surface area contributed by atoms with Crippen LogP contribution in [0.2, 0.25) is 0 Å². The van der Waals surface area contributed by atoms with Gasteiger partial charge in [-0.2, -0.15) is 0 Å². The Kier molecular flexibility index (Phi) is 5.02. The lowest BCUT2D eigenvalue weighted by Gasteiger charge is -2.24. The highest BCUT2D eigenvalue weighted by Gasteiger charge is 2.21. The van der Waals surface area contributed by atoms with E-state index in [1.165, 1.54) is 0 Å². The summed E-state index contributed by atoms with van der Waals surface area (Å²) in [5, 5.41) is 10.3. The highest BCUT2D eigenvalue weighted by Crippen LogP contribution is 2.35. The van der Waals surface area contributed by atoms with Crippen LogP contribution < -0.4 is 4.74 Å². The van der Waals surface area contributed by atoms with Gasteiger partial charge in [0.15, 0.2) is 0 Å². The van der Waals surface area contributed by atoms with Crippen molar-refractivity contribution in [2.45, 2.75) is 40.2 Å². The molecule has 1 atom stereocenters. The van der Waals surface area contributed by atoms with Gasteiger partial charge < -0.3 is 9.84 Å². The van der Waals surface area contributed by atoms with Gasteiger partial charge in [-0.25, -0.2) is 0 Å². The van der Waals surface area contributed by atoms with Crippen LogP contribution in [0.3, 0.4) is 0 Å². The molecular formula is C14H21BrO2. The van der Waals surface area contributed by atoms with Crippen molar-refractivity contribution in [2.24, 2.45) is 5.41 Å². The zero-order chi connectivity index (χ0) is 13.1. The third kappa shape index (κ3) is 4.68. The minimum absolute atomic E-state index is 0.0885. The summed E-state index contributed by atoms with van der Waals surface area (Å²) in [4.78, 5) is 0. The maximum absolute atomic E-state index is 10.3. The molecule has 17 heavy (non-hydrogen) atoms. The molecule has 0 spiro atoms. The molecule has 0 saturated carbocycles. The summed E-state index contributed by atoms with van der Waals surface area (Å²) in [5.74, 6) is 0.771. The monoisotopic (exact) mass is 300 g/mol. The first-order chi connectivity index (χ1) is 7.83. The number of halogens is 1. The van der Waals surface area contributed by atoms with E-state index < -0.39 is 6.10 Å². The molecule has 1 aromatic rings. The van der Waals surface area contributed by atoms with Gasteiger partial charge in [0.05, 0.1) is 12.7 Å². The fourth-order valence-electron chi connectivity index (χ4n) is 1.76. The first kappa shape index (κ1) is 14.5. The van der Waals surface area contributed by atoms with Crippen molar-refractivity contribution in [3.05, 3.63) is 28.2 Å². The highest BCUT2D eigenvalue weighted by molar-refractivity contribution is 9.10. The number of aliphatic hydroxyl groups excluding tert-OH is 1. The normalized spacial score (nSPS) is 13.5. The number of rotatable bonds is 4. The number of hydrogen-bond donors (Lipinski definition) is 1. The molecule has 0 saturated heterocycles. The van der Waals surface area contributed by atoms with Gasteiger partial charge in [-0.3, -0.25) is 0 Å². The molecule has 1 N–H and O–H groups in total. The summed E-state index contributed by atoms with van der Waals surface area (Å²) in [7, 11) is 0. The van der Waals surface area contributed by atoms with Crippen LogP contribution in [0.15, 0.2) is 22.7 Å². The summed E-state index contributed by atoms with van der Waals surface area (Å²) in [6, 6.07) is 5.76. The van der Waals surface area contributed by atoms with Crippen molar-refractivity contribution >= 4 is 15.9 Å². The van der Waals surface area contributed by atoms with E-state index >= 15 is 0 Å². The lowest BCUT2D eigenvalue weighted by atomic mass is 9.87. The SMILES string of the molecule is CCOc1ccc(Br)cc1C(O)CC(C)(C)C. The average Bonchev–Trinajstić information content (AvgIpc) is 2.18. The molecule has 0 aliphatic rings. The molecule has 0 bridgehead atoms. The second-order valence-electron chi connectivity index (χ2n) is 5.40. The van der Waals surface area contributed by atoms with Crippen LogP contribution in [0.4, 0.5) is 0 Å². The van der Waals surface area contributed by atoms with Crippen molar-refractivity contribution in [1.29, 1.82) is 0 Å². The smallest absolute Gasteiger partial charge is 0.125 e. The lowest BCUT2D eigenvalue weighted by molar-refractivity contribution is 0.118. The Morgan fingerprint density at radius 3 is 2.53 bits per heavy atom. The summed E-state index contributed by atoms with van der Waals surface area (Å²) in [6.07, 6.45) is 0.220. The van der Waals surface area contributed by atoms with Crippen molar-refractivity contribution in [3.8, 4) is 5.75 Å². The van der Waals surface area contributed by atoms with Gasteiger partial charge >= 0.3 is 0 Å². The predicted molar refractivity (Wildman–Crippen MR) is 74.3 cm³/mol. The van der Waals surface area contributed by atoms with E-state index in [0.717, 1.165) is 15.8 Å². The maximum Gasteiger partial charge on any atom is 0.125 e. The van der Waals surface area contributed by atoms with Gasteiger partial charge in [0.2, 0.25) is 0 Å². The molecule has 1 rings (SSSR count). The van der Waals surface area contributed by atoms with Crippen LogP contribution in [0, 0.1) is 5.41 Å². The summed E-state index contributed by atoms with van der Waals surface area (Å²) >= 11 is 3.43. The second-order valence-corrected chi connectivity index (χ2v) is 6.31. The average molecular weight is 301 g/mol. The molecular weight excluding hydrogens is 280 g/mol. The van der Waals surface area contributed by atoms with Crippen molar-refractivity contribution in [3.63, 3.8) is 0 Å². The van der Waals surface area contributed by atoms with Gasteiger partial charge in [0.1, 0.15) is 5.75 Å². The molecule has 2 nitrogen and oxygen atoms in total. The topological polar surface area (TPSA) is 29.5 Å². The van der Waals surface area contributed by atoms with Crippen LogP contribution in [0.25, 0.3) is 0 Å². The maximum atomic E-state index is 10.3. The third-order valence-corrected chi connectivity index (χ3v) is 2.93. The van der Waals surface area contributed by atoms with Gasteiger partial charge in [0.25, 0.3) is 0 Å². The summed E-state index contributed by atoms with van der Waals surface area (Å²) in [6.45, 7) is 8.91. The van der Waals surface area contributed by atoms with Crippen molar-refractivity contribution in [2.75, 3.05) is 6.61 Å². The zero-order valence-corrected chi connectivity index (χ0v) is 12.5. The van der Waals surface area contributed by atoms with E-state index in [1.807, 2.05) is 25.1 Å². The van der Waals surface area contributed by atoms with Crippen LogP contribution in [-0.2, 0) is 0 Å². The highest BCUT2D eigenvalue weighted by atomic mass is 79.9. The molecule has 0 aliphatic heterocycles. The first-order valence-electron chi connectivity index (χ1n) is 5.94. The minimum atomic E-state index is -0.492. The van der Waals surface area contributed by atoms with Gasteiger partial charge in [0, 0.05) is 10.0 Å². The number of benzene rings is 1. The fourth-order valence-corrected chi connectivity index (χ4v) is 2.14. The van der Waals surface area contributed by atoms with Crippen molar-refractivity contribution in [1.82, 2.24) is 0 Å². The Bertz CT molecular complexity index is 369. The van der Waals surface area contributed by atoms with E-state index in [2.05, 4.69) is 36.7 Å². The number of hydrogen-bond acceptors (Lipinski definition) is 2. The van der Waals surface area contributed by atoms with Crippen LogP contribution in [0.1, 0.15) is 45.8 Å². The minimum Gasteiger partial charge on any atom is -0.493 e. The van der Waals surface area contributed by atoms with Crippen LogP contribution >= 0.6 is 15.9 Å². The molecule has 0 radical (unpaired) electrons. The Hall–Kier alpha value is -0.540. The summed E-state index contributed by atoms with van der Waals surface area (Å²) < 4.78 is 6.51. The Labute approximate surface area is 112 Å². The summed E-state index contributed by atoms with van der Waals surface area (Å²) in [5.41, 5.74) is 0.946. The molecule has 0 amide bonds. The largest absolute Gasteiger partial charge is 0.493 e. The number of aliphatic hydroxyl groups is 1. The molecule has 1 aromatic carbocycles. The predicted octanol–water partition coefficient (Wildman–Crippen LogP) is 4.32. The molecule has 1 unspecified atom stereocenters. The molecule has 0 aromatic heterocycles. The first-order valence-corrected chi connectivity index (χ1v) is 6.73. The fraction of sp³-hybridized carbons (Fsp3) is 0.571. The molecule has 0 heterocycles. The molecule has 0 aliphatic carbocycles. The Morgan fingerprint density at radius 2 is 2.00 bits per heavy atom. The van der Waals surface area contributed by atoms with Gasteiger partial charge in [-0.1, -0.05) is 36.7 Å². The van der Waals surface area contributed by atoms with E-state index in [1.54, 1.807) is 0 Å². The molecule has 96 valence electrons. The van der Waals surface area contributed by atoms with Gasteiger partial charge in [-0.15, -0.1) is 0 Å². The van der Waals surface area contributed by atoms with E-state index in [0.29, 0.717) is 13.0 Å². The number of ether oxygens (including phenoxy) is 1. The van der Waals surface area contributed by atoms with E-state index in [4.69, 9.17) is 4.74 Å². The third-order valence-electron chi connectivity index (χ3n) is 2.44. The molecule has 3 heteroatoms. The zero-order valence-electron chi connectivity index (χ0n) is 11.0. The Morgan fingerprint density at radius 1 is 1.35 bits per heavy atom. The van der Waals surface area contributed by atoms with E-state index in [9.17, 15) is 5.11 Å². The van der Waals surface area contributed by atoms with Crippen LogP contribution in [0.5, 0.6) is 5.75 Å². The Balaban J connectivity index is 2.97.